The molecule has 1 rings (SSSR count). The maximum Gasteiger partial charge on any atom is 0.339 e. The van der Waals surface area contributed by atoms with Crippen LogP contribution in [0.4, 0.5) is 0 Å². The summed E-state index contributed by atoms with van der Waals surface area (Å²) in [6.45, 7) is 3.60. The van der Waals surface area contributed by atoms with Crippen LogP contribution in [0.15, 0.2) is 0 Å². The summed E-state index contributed by atoms with van der Waals surface area (Å²) in [7, 11) is 1.29. The van der Waals surface area contributed by atoms with E-state index in [0.717, 1.165) is 0 Å². The van der Waals surface area contributed by atoms with Gasteiger partial charge < -0.3 is 14.0 Å². The van der Waals surface area contributed by atoms with Crippen LogP contribution in [0.25, 0.3) is 0 Å². The highest BCUT2D eigenvalue weighted by Crippen LogP contribution is 2.57. The van der Waals surface area contributed by atoms with Crippen molar-refractivity contribution in [2.75, 3.05) is 7.11 Å². The Labute approximate surface area is 123 Å². The Balaban J connectivity index is 2.89. The van der Waals surface area contributed by atoms with Gasteiger partial charge in [0.05, 0.1) is 12.2 Å². The van der Waals surface area contributed by atoms with Crippen LogP contribution in [0.3, 0.4) is 0 Å². The Kier molecular flexibility index (Phi) is 6.09. The van der Waals surface area contributed by atoms with Crippen molar-refractivity contribution in [1.29, 1.82) is 0 Å². The lowest BCUT2D eigenvalue weighted by atomic mass is 10.2. The SMILES string of the molecule is COP1(=S)O[C@H](C(=O)OC(C)C)[C@H](C(=O)OC(C)C)O1. The molecule has 0 saturated carbocycles. The van der Waals surface area contributed by atoms with E-state index in [2.05, 4.69) is 0 Å². The molecule has 0 aliphatic carbocycles. The average Bonchev–Trinajstić information content (AvgIpc) is 2.67. The van der Waals surface area contributed by atoms with Crippen LogP contribution in [0, 0.1) is 0 Å². The fraction of sp³-hybridized carbons (Fsp3) is 0.818. The maximum absolute atomic E-state index is 11.9. The van der Waals surface area contributed by atoms with Gasteiger partial charge in [0.1, 0.15) is 0 Å². The summed E-state index contributed by atoms with van der Waals surface area (Å²) in [5.74, 6) is -1.45. The number of hydrogen-bond acceptors (Lipinski definition) is 8. The van der Waals surface area contributed by atoms with Crippen molar-refractivity contribution in [3.63, 3.8) is 0 Å². The Morgan fingerprint density at radius 1 is 1.00 bits per heavy atom. The zero-order valence-corrected chi connectivity index (χ0v) is 13.7. The summed E-state index contributed by atoms with van der Waals surface area (Å²) in [5, 5.41) is 0. The predicted molar refractivity (Wildman–Crippen MR) is 73.5 cm³/mol. The quantitative estimate of drug-likeness (QED) is 0.556. The molecule has 0 radical (unpaired) electrons. The van der Waals surface area contributed by atoms with Crippen LogP contribution in [0.2, 0.25) is 0 Å². The Morgan fingerprint density at radius 3 is 1.60 bits per heavy atom. The van der Waals surface area contributed by atoms with Gasteiger partial charge in [-0.05, 0) is 39.5 Å². The monoisotopic (exact) mass is 326 g/mol. The molecule has 0 aromatic rings. The number of esters is 2. The maximum atomic E-state index is 11.9. The van der Waals surface area contributed by atoms with E-state index in [9.17, 15) is 9.59 Å². The molecule has 0 N–H and O–H groups in total. The Bertz CT molecular complexity index is 389. The van der Waals surface area contributed by atoms with Crippen molar-refractivity contribution in [2.45, 2.75) is 52.1 Å². The molecule has 9 heteroatoms. The molecule has 116 valence electrons. The van der Waals surface area contributed by atoms with Crippen LogP contribution >= 0.6 is 6.72 Å². The first-order valence-corrected chi connectivity index (χ1v) is 8.67. The van der Waals surface area contributed by atoms with Crippen LogP contribution < -0.4 is 0 Å². The molecule has 0 spiro atoms. The predicted octanol–water partition coefficient (Wildman–Crippen LogP) is 1.54. The van der Waals surface area contributed by atoms with Crippen molar-refractivity contribution in [3.8, 4) is 0 Å². The molecule has 1 aliphatic rings. The first kappa shape index (κ1) is 17.5. The first-order chi connectivity index (χ1) is 9.18. The standard InChI is InChI=1S/C11H19O7PS/c1-6(2)15-10(12)8-9(11(13)16-7(3)4)18-19(20,14-5)17-8/h6-9H,1-5H3/t8-,9+,19?. The van der Waals surface area contributed by atoms with E-state index in [0.29, 0.717) is 0 Å². The lowest BCUT2D eigenvalue weighted by Gasteiger charge is -2.17. The number of carbonyl (C=O) groups is 2. The van der Waals surface area contributed by atoms with Gasteiger partial charge in [0.15, 0.2) is 0 Å². The van der Waals surface area contributed by atoms with E-state index in [1.165, 1.54) is 7.11 Å². The molecule has 0 aromatic carbocycles. The third kappa shape index (κ3) is 4.49. The van der Waals surface area contributed by atoms with Crippen LogP contribution in [-0.4, -0.2) is 43.5 Å². The van der Waals surface area contributed by atoms with Crippen LogP contribution in [0.1, 0.15) is 27.7 Å². The van der Waals surface area contributed by atoms with Crippen molar-refractivity contribution in [2.24, 2.45) is 0 Å². The van der Waals surface area contributed by atoms with E-state index < -0.39 is 30.9 Å². The average molecular weight is 326 g/mol. The van der Waals surface area contributed by atoms with E-state index >= 15 is 0 Å². The Hall–Kier alpha value is -0.530. The summed E-state index contributed by atoms with van der Waals surface area (Å²) in [6, 6.07) is 0. The lowest BCUT2D eigenvalue weighted by molar-refractivity contribution is -0.167. The minimum absolute atomic E-state index is 0.353. The number of hydrogen-bond donors (Lipinski definition) is 0. The van der Waals surface area contributed by atoms with E-state index in [1.807, 2.05) is 0 Å². The second-order valence-electron chi connectivity index (χ2n) is 4.65. The van der Waals surface area contributed by atoms with Gasteiger partial charge in [-0.25, -0.2) is 9.59 Å². The third-order valence-corrected chi connectivity index (χ3v) is 4.53. The molecule has 1 heterocycles. The molecule has 0 aromatic heterocycles. The zero-order valence-electron chi connectivity index (χ0n) is 12.0. The van der Waals surface area contributed by atoms with E-state index in [-0.39, 0.29) is 12.2 Å². The minimum Gasteiger partial charge on any atom is -0.461 e. The van der Waals surface area contributed by atoms with Gasteiger partial charge in [-0.3, -0.25) is 9.05 Å². The van der Waals surface area contributed by atoms with Crippen molar-refractivity contribution in [1.82, 2.24) is 0 Å². The minimum atomic E-state index is -3.13. The highest BCUT2D eigenvalue weighted by molar-refractivity contribution is 8.07. The molecule has 20 heavy (non-hydrogen) atoms. The molecule has 0 amide bonds. The van der Waals surface area contributed by atoms with Crippen LogP contribution in [-0.2, 0) is 44.4 Å². The number of ether oxygens (including phenoxy) is 2. The van der Waals surface area contributed by atoms with Gasteiger partial charge in [0.2, 0.25) is 12.2 Å². The van der Waals surface area contributed by atoms with Crippen molar-refractivity contribution < 1.29 is 32.6 Å². The topological polar surface area (TPSA) is 80.3 Å². The highest BCUT2D eigenvalue weighted by atomic mass is 32.5. The van der Waals surface area contributed by atoms with Gasteiger partial charge in [-0.2, -0.15) is 0 Å². The molecular formula is C11H19O7PS. The molecule has 7 nitrogen and oxygen atoms in total. The molecule has 3 atom stereocenters. The summed E-state index contributed by atoms with van der Waals surface area (Å²) in [5.41, 5.74) is 0. The number of rotatable bonds is 5. The highest BCUT2D eigenvalue weighted by Gasteiger charge is 2.51. The van der Waals surface area contributed by atoms with Crippen LogP contribution in [0.5, 0.6) is 0 Å². The van der Waals surface area contributed by atoms with Crippen molar-refractivity contribution in [3.05, 3.63) is 0 Å². The largest absolute Gasteiger partial charge is 0.461 e. The normalized spacial score (nSPS) is 29.8. The molecule has 0 bridgehead atoms. The molecule has 1 saturated heterocycles. The van der Waals surface area contributed by atoms with Gasteiger partial charge in [-0.1, -0.05) is 0 Å². The van der Waals surface area contributed by atoms with E-state index in [4.69, 9.17) is 34.9 Å². The molecule has 1 aliphatic heterocycles. The molecular weight excluding hydrogens is 307 g/mol. The zero-order chi connectivity index (χ0) is 15.5. The van der Waals surface area contributed by atoms with Crippen molar-refractivity contribution >= 4 is 30.5 Å². The summed E-state index contributed by atoms with van der Waals surface area (Å²) in [4.78, 5) is 23.9. The fourth-order valence-corrected chi connectivity index (χ4v) is 3.16. The first-order valence-electron chi connectivity index (χ1n) is 6.12. The van der Waals surface area contributed by atoms with Gasteiger partial charge in [0.25, 0.3) is 0 Å². The number of carbonyl (C=O) groups excluding carboxylic acids is 2. The molecule has 1 fully saturated rings. The Morgan fingerprint density at radius 2 is 1.35 bits per heavy atom. The third-order valence-electron chi connectivity index (χ3n) is 2.15. The fourth-order valence-electron chi connectivity index (χ4n) is 1.43. The van der Waals surface area contributed by atoms with E-state index in [1.54, 1.807) is 27.7 Å². The summed E-state index contributed by atoms with van der Waals surface area (Å²) >= 11 is 5.02. The van der Waals surface area contributed by atoms with Gasteiger partial charge >= 0.3 is 18.7 Å². The second-order valence-corrected chi connectivity index (χ2v) is 7.68. The van der Waals surface area contributed by atoms with Gasteiger partial charge in [-0.15, -0.1) is 0 Å². The van der Waals surface area contributed by atoms with Gasteiger partial charge in [0, 0.05) is 7.11 Å². The molecule has 1 unspecified atom stereocenters. The lowest BCUT2D eigenvalue weighted by Crippen LogP contribution is -2.40. The summed E-state index contributed by atoms with van der Waals surface area (Å²) in [6.07, 6.45) is -3.24. The smallest absolute Gasteiger partial charge is 0.339 e. The summed E-state index contributed by atoms with van der Waals surface area (Å²) < 4.78 is 25.5. The second kappa shape index (κ2) is 6.95.